The SMILES string of the molecule is CCN(C(=O)c1ccn(C)c(=O)c1)c1cc(O)ccc1C. The van der Waals surface area contributed by atoms with E-state index in [4.69, 9.17) is 0 Å². The van der Waals surface area contributed by atoms with Crippen LogP contribution in [0.15, 0.2) is 41.3 Å². The number of hydrogen-bond acceptors (Lipinski definition) is 3. The molecule has 0 radical (unpaired) electrons. The van der Waals surface area contributed by atoms with Gasteiger partial charge in [-0.2, -0.15) is 0 Å². The molecule has 21 heavy (non-hydrogen) atoms. The average molecular weight is 286 g/mol. The third-order valence-corrected chi connectivity index (χ3v) is 3.40. The van der Waals surface area contributed by atoms with Crippen molar-refractivity contribution in [2.24, 2.45) is 7.05 Å². The molecule has 0 atom stereocenters. The van der Waals surface area contributed by atoms with Crippen molar-refractivity contribution in [1.82, 2.24) is 4.57 Å². The van der Waals surface area contributed by atoms with Crippen molar-refractivity contribution in [2.45, 2.75) is 13.8 Å². The number of benzene rings is 1. The second-order valence-corrected chi connectivity index (χ2v) is 4.88. The van der Waals surface area contributed by atoms with Gasteiger partial charge >= 0.3 is 0 Å². The maximum atomic E-state index is 12.6. The van der Waals surface area contributed by atoms with E-state index in [1.807, 2.05) is 13.8 Å². The fourth-order valence-corrected chi connectivity index (χ4v) is 2.15. The topological polar surface area (TPSA) is 62.5 Å². The van der Waals surface area contributed by atoms with Gasteiger partial charge in [-0.3, -0.25) is 9.59 Å². The molecular formula is C16H18N2O3. The lowest BCUT2D eigenvalue weighted by Gasteiger charge is -2.23. The predicted molar refractivity (Wildman–Crippen MR) is 81.9 cm³/mol. The van der Waals surface area contributed by atoms with Crippen LogP contribution in [-0.4, -0.2) is 22.1 Å². The molecule has 0 saturated heterocycles. The van der Waals surface area contributed by atoms with E-state index in [1.54, 1.807) is 42.4 Å². The van der Waals surface area contributed by atoms with Gasteiger partial charge in [-0.1, -0.05) is 6.07 Å². The molecule has 2 rings (SSSR count). The largest absolute Gasteiger partial charge is 0.508 e. The van der Waals surface area contributed by atoms with Gasteiger partial charge in [0.15, 0.2) is 0 Å². The summed E-state index contributed by atoms with van der Waals surface area (Å²) in [6.45, 7) is 4.16. The maximum absolute atomic E-state index is 12.6. The van der Waals surface area contributed by atoms with E-state index >= 15 is 0 Å². The van der Waals surface area contributed by atoms with Crippen LogP contribution in [0.3, 0.4) is 0 Å². The molecule has 2 aromatic rings. The van der Waals surface area contributed by atoms with Crippen molar-refractivity contribution < 1.29 is 9.90 Å². The number of anilines is 1. The van der Waals surface area contributed by atoms with Crippen molar-refractivity contribution in [1.29, 1.82) is 0 Å². The first kappa shape index (κ1) is 14.8. The van der Waals surface area contributed by atoms with E-state index in [2.05, 4.69) is 0 Å². The normalized spacial score (nSPS) is 10.4. The number of phenolic OH excluding ortho intramolecular Hbond substituents is 1. The van der Waals surface area contributed by atoms with Crippen LogP contribution in [0.2, 0.25) is 0 Å². The van der Waals surface area contributed by atoms with E-state index in [-0.39, 0.29) is 17.2 Å². The monoisotopic (exact) mass is 286 g/mol. The van der Waals surface area contributed by atoms with E-state index < -0.39 is 0 Å². The standard InChI is InChI=1S/C16H18N2O3/c1-4-18(14-10-13(19)6-5-11(14)2)16(21)12-7-8-17(3)15(20)9-12/h5-10,19H,4H2,1-3H3. The molecule has 1 aromatic heterocycles. The Morgan fingerprint density at radius 3 is 2.62 bits per heavy atom. The Morgan fingerprint density at radius 1 is 1.29 bits per heavy atom. The number of rotatable bonds is 3. The third kappa shape index (κ3) is 2.97. The first-order chi connectivity index (χ1) is 9.93. The molecule has 0 aliphatic rings. The van der Waals surface area contributed by atoms with Gasteiger partial charge < -0.3 is 14.6 Å². The molecule has 0 aliphatic heterocycles. The Hall–Kier alpha value is -2.56. The zero-order valence-electron chi connectivity index (χ0n) is 12.3. The van der Waals surface area contributed by atoms with Gasteiger partial charge in [-0.05, 0) is 31.5 Å². The van der Waals surface area contributed by atoms with Crippen LogP contribution in [0.25, 0.3) is 0 Å². The van der Waals surface area contributed by atoms with E-state index in [0.29, 0.717) is 17.8 Å². The van der Waals surface area contributed by atoms with Gasteiger partial charge in [0.2, 0.25) is 0 Å². The number of aromatic hydroxyl groups is 1. The number of hydrogen-bond donors (Lipinski definition) is 1. The summed E-state index contributed by atoms with van der Waals surface area (Å²) < 4.78 is 1.41. The number of phenols is 1. The quantitative estimate of drug-likeness (QED) is 0.939. The molecule has 0 unspecified atom stereocenters. The Kier molecular flexibility index (Phi) is 4.12. The summed E-state index contributed by atoms with van der Waals surface area (Å²) in [5.41, 5.74) is 1.63. The van der Waals surface area contributed by atoms with Crippen molar-refractivity contribution in [3.63, 3.8) is 0 Å². The fourth-order valence-electron chi connectivity index (χ4n) is 2.15. The van der Waals surface area contributed by atoms with Gasteiger partial charge in [-0.15, -0.1) is 0 Å². The Bertz CT molecular complexity index is 735. The van der Waals surface area contributed by atoms with Gasteiger partial charge in [0.1, 0.15) is 5.75 Å². The van der Waals surface area contributed by atoms with Crippen LogP contribution in [0.5, 0.6) is 5.75 Å². The summed E-state index contributed by atoms with van der Waals surface area (Å²) in [6, 6.07) is 7.82. The molecule has 0 aliphatic carbocycles. The van der Waals surface area contributed by atoms with E-state index in [0.717, 1.165) is 5.56 Å². The molecule has 5 heteroatoms. The highest BCUT2D eigenvalue weighted by molar-refractivity contribution is 6.06. The molecule has 1 heterocycles. The smallest absolute Gasteiger partial charge is 0.258 e. The number of nitrogens with zero attached hydrogens (tertiary/aromatic N) is 2. The number of carbonyl (C=O) groups is 1. The minimum Gasteiger partial charge on any atom is -0.508 e. The Labute approximate surface area is 123 Å². The number of amides is 1. The van der Waals surface area contributed by atoms with Gasteiger partial charge in [0.05, 0.1) is 5.69 Å². The van der Waals surface area contributed by atoms with Crippen LogP contribution in [0.4, 0.5) is 5.69 Å². The number of carbonyl (C=O) groups excluding carboxylic acids is 1. The van der Waals surface area contributed by atoms with Crippen LogP contribution < -0.4 is 10.5 Å². The molecule has 1 N–H and O–H groups in total. The second kappa shape index (κ2) is 5.83. The molecular weight excluding hydrogens is 268 g/mol. The molecule has 0 saturated carbocycles. The van der Waals surface area contributed by atoms with Crippen molar-refractivity contribution >= 4 is 11.6 Å². The molecule has 0 fully saturated rings. The summed E-state index contributed by atoms with van der Waals surface area (Å²) >= 11 is 0. The van der Waals surface area contributed by atoms with Crippen LogP contribution in [0, 0.1) is 6.92 Å². The van der Waals surface area contributed by atoms with Crippen LogP contribution in [-0.2, 0) is 7.05 Å². The number of pyridine rings is 1. The minimum atomic E-state index is -0.260. The van der Waals surface area contributed by atoms with Crippen LogP contribution in [0.1, 0.15) is 22.8 Å². The maximum Gasteiger partial charge on any atom is 0.258 e. The molecule has 0 bridgehead atoms. The Morgan fingerprint density at radius 2 is 2.00 bits per heavy atom. The van der Waals surface area contributed by atoms with Crippen molar-refractivity contribution in [2.75, 3.05) is 11.4 Å². The average Bonchev–Trinajstić information content (AvgIpc) is 2.46. The molecule has 0 spiro atoms. The lowest BCUT2D eigenvalue weighted by Crippen LogP contribution is -2.32. The highest BCUT2D eigenvalue weighted by Gasteiger charge is 2.18. The Balaban J connectivity index is 2.45. The second-order valence-electron chi connectivity index (χ2n) is 4.88. The molecule has 1 aromatic carbocycles. The summed E-state index contributed by atoms with van der Waals surface area (Å²) in [4.78, 5) is 25.8. The minimum absolute atomic E-state index is 0.103. The first-order valence-electron chi connectivity index (χ1n) is 6.72. The highest BCUT2D eigenvalue weighted by atomic mass is 16.3. The summed E-state index contributed by atoms with van der Waals surface area (Å²) in [5, 5.41) is 9.62. The van der Waals surface area contributed by atoms with Crippen molar-refractivity contribution in [3.05, 3.63) is 58.0 Å². The van der Waals surface area contributed by atoms with E-state index in [9.17, 15) is 14.7 Å². The first-order valence-corrected chi connectivity index (χ1v) is 6.72. The zero-order chi connectivity index (χ0) is 15.6. The predicted octanol–water partition coefficient (Wildman–Crippen LogP) is 2.07. The molecule has 1 amide bonds. The molecule has 5 nitrogen and oxygen atoms in total. The zero-order valence-corrected chi connectivity index (χ0v) is 12.3. The lowest BCUT2D eigenvalue weighted by molar-refractivity contribution is 0.0988. The number of aromatic nitrogens is 1. The van der Waals surface area contributed by atoms with Crippen LogP contribution >= 0.6 is 0 Å². The lowest BCUT2D eigenvalue weighted by atomic mass is 10.1. The summed E-state index contributed by atoms with van der Waals surface area (Å²) in [6.07, 6.45) is 1.57. The highest BCUT2D eigenvalue weighted by Crippen LogP contribution is 2.26. The molecule has 110 valence electrons. The van der Waals surface area contributed by atoms with Gasteiger partial charge in [0, 0.05) is 37.5 Å². The summed E-state index contributed by atoms with van der Waals surface area (Å²) in [5.74, 6) is -0.158. The number of aryl methyl sites for hydroxylation is 2. The third-order valence-electron chi connectivity index (χ3n) is 3.40. The van der Waals surface area contributed by atoms with E-state index in [1.165, 1.54) is 10.6 Å². The fraction of sp³-hybridized carbons (Fsp3) is 0.250. The van der Waals surface area contributed by atoms with Crippen molar-refractivity contribution in [3.8, 4) is 5.75 Å². The summed E-state index contributed by atoms with van der Waals surface area (Å²) in [7, 11) is 1.63. The van der Waals surface area contributed by atoms with Gasteiger partial charge in [0.25, 0.3) is 11.5 Å². The van der Waals surface area contributed by atoms with Gasteiger partial charge in [-0.25, -0.2) is 0 Å².